The van der Waals surface area contributed by atoms with Gasteiger partial charge < -0.3 is 10.7 Å². The van der Waals surface area contributed by atoms with E-state index in [2.05, 4.69) is 20.9 Å². The molecule has 1 aromatic carbocycles. The largest absolute Gasteiger partial charge is 0.399 e. The summed E-state index contributed by atoms with van der Waals surface area (Å²) in [5.41, 5.74) is 7.52. The zero-order valence-corrected chi connectivity index (χ0v) is 8.58. The number of hydrogen-bond acceptors (Lipinski definition) is 1. The van der Waals surface area contributed by atoms with E-state index >= 15 is 0 Å². The number of rotatable bonds is 0. The molecule has 2 rings (SSSR count). The van der Waals surface area contributed by atoms with Crippen molar-refractivity contribution < 1.29 is 0 Å². The molecule has 0 radical (unpaired) electrons. The second-order valence-corrected chi connectivity index (χ2v) is 3.30. The lowest BCUT2D eigenvalue weighted by molar-refractivity contribution is 1.47. The Hall–Kier alpha value is -0.670. The zero-order valence-electron chi connectivity index (χ0n) is 6.17. The van der Waals surface area contributed by atoms with Crippen LogP contribution in [0.4, 0.5) is 5.69 Å². The van der Waals surface area contributed by atoms with Gasteiger partial charge in [0.15, 0.2) is 0 Å². The van der Waals surface area contributed by atoms with Crippen LogP contribution in [0.25, 0.3) is 10.9 Å². The van der Waals surface area contributed by atoms with E-state index in [0.29, 0.717) is 0 Å². The maximum Gasteiger partial charge on any atom is 0.0599 e. The molecule has 0 atom stereocenters. The number of nitrogen functional groups attached to an aromatic ring is 1. The SMILES string of the molecule is Cl.Nc1cc(Br)c2[nH]ccc2c1. The lowest BCUT2D eigenvalue weighted by atomic mass is 10.2. The molecule has 0 fully saturated rings. The summed E-state index contributed by atoms with van der Waals surface area (Å²) in [4.78, 5) is 3.11. The first-order chi connectivity index (χ1) is 5.27. The number of anilines is 1. The van der Waals surface area contributed by atoms with Crippen LogP contribution in [0.2, 0.25) is 0 Å². The molecule has 0 bridgehead atoms. The molecule has 0 unspecified atom stereocenters. The van der Waals surface area contributed by atoms with Gasteiger partial charge in [0, 0.05) is 21.7 Å². The predicted octanol–water partition coefficient (Wildman–Crippen LogP) is 2.93. The van der Waals surface area contributed by atoms with Gasteiger partial charge in [-0.3, -0.25) is 0 Å². The standard InChI is InChI=1S/C8H7BrN2.ClH/c9-7-4-6(10)3-5-1-2-11-8(5)7;/h1-4,11H,10H2;1H. The van der Waals surface area contributed by atoms with E-state index < -0.39 is 0 Å². The van der Waals surface area contributed by atoms with Gasteiger partial charge in [-0.25, -0.2) is 0 Å². The summed E-state index contributed by atoms with van der Waals surface area (Å²) in [5.74, 6) is 0. The van der Waals surface area contributed by atoms with Crippen LogP contribution in [0.1, 0.15) is 0 Å². The molecular weight excluding hydrogens is 239 g/mol. The van der Waals surface area contributed by atoms with Gasteiger partial charge in [-0.05, 0) is 34.1 Å². The van der Waals surface area contributed by atoms with Gasteiger partial charge in [-0.2, -0.15) is 0 Å². The first-order valence-electron chi connectivity index (χ1n) is 3.29. The van der Waals surface area contributed by atoms with Crippen LogP contribution >= 0.6 is 28.3 Å². The van der Waals surface area contributed by atoms with Gasteiger partial charge in [-0.15, -0.1) is 12.4 Å². The Labute approximate surface area is 84.7 Å². The topological polar surface area (TPSA) is 41.8 Å². The Morgan fingerprint density at radius 3 is 2.83 bits per heavy atom. The van der Waals surface area contributed by atoms with Gasteiger partial charge in [-0.1, -0.05) is 0 Å². The predicted molar refractivity (Wildman–Crippen MR) is 57.7 cm³/mol. The van der Waals surface area contributed by atoms with E-state index in [1.54, 1.807) is 0 Å². The number of aromatic nitrogens is 1. The highest BCUT2D eigenvalue weighted by Gasteiger charge is 1.99. The van der Waals surface area contributed by atoms with Crippen LogP contribution < -0.4 is 5.73 Å². The average molecular weight is 248 g/mol. The number of nitrogens with two attached hydrogens (primary N) is 1. The lowest BCUT2D eigenvalue weighted by Crippen LogP contribution is -1.83. The monoisotopic (exact) mass is 246 g/mol. The summed E-state index contributed by atoms with van der Waals surface area (Å²) in [6, 6.07) is 5.83. The molecule has 64 valence electrons. The maximum atomic E-state index is 5.64. The molecule has 12 heavy (non-hydrogen) atoms. The minimum absolute atomic E-state index is 0. The number of hydrogen-bond donors (Lipinski definition) is 2. The second kappa shape index (κ2) is 3.37. The Bertz CT molecular complexity index is 397. The summed E-state index contributed by atoms with van der Waals surface area (Å²) in [7, 11) is 0. The van der Waals surface area contributed by atoms with Crippen LogP contribution in [0.3, 0.4) is 0 Å². The molecule has 1 aromatic heterocycles. The highest BCUT2D eigenvalue weighted by molar-refractivity contribution is 9.10. The number of benzene rings is 1. The van der Waals surface area contributed by atoms with Gasteiger partial charge in [0.1, 0.15) is 0 Å². The van der Waals surface area contributed by atoms with Crippen LogP contribution in [0, 0.1) is 0 Å². The van der Waals surface area contributed by atoms with Crippen molar-refractivity contribution in [2.45, 2.75) is 0 Å². The molecule has 0 spiro atoms. The highest BCUT2D eigenvalue weighted by Crippen LogP contribution is 2.25. The number of halogens is 2. The van der Waals surface area contributed by atoms with Crippen molar-refractivity contribution in [2.24, 2.45) is 0 Å². The minimum atomic E-state index is 0. The Morgan fingerprint density at radius 2 is 2.08 bits per heavy atom. The number of aromatic amines is 1. The normalized spacial score (nSPS) is 9.75. The Balaban J connectivity index is 0.000000720. The molecule has 2 aromatic rings. The number of fused-ring (bicyclic) bond motifs is 1. The fraction of sp³-hybridized carbons (Fsp3) is 0. The molecule has 3 N–H and O–H groups in total. The van der Waals surface area contributed by atoms with Gasteiger partial charge in [0.25, 0.3) is 0 Å². The molecule has 1 heterocycles. The van der Waals surface area contributed by atoms with Crippen LogP contribution in [0.5, 0.6) is 0 Å². The van der Waals surface area contributed by atoms with Crippen LogP contribution in [0.15, 0.2) is 28.9 Å². The molecule has 0 saturated heterocycles. The first kappa shape index (κ1) is 9.42. The first-order valence-corrected chi connectivity index (χ1v) is 4.09. The third kappa shape index (κ3) is 1.42. The number of nitrogens with one attached hydrogen (secondary N) is 1. The van der Waals surface area contributed by atoms with E-state index in [-0.39, 0.29) is 12.4 Å². The Kier molecular flexibility index (Phi) is 2.65. The highest BCUT2D eigenvalue weighted by atomic mass is 79.9. The van der Waals surface area contributed by atoms with Gasteiger partial charge in [0.05, 0.1) is 5.52 Å². The van der Waals surface area contributed by atoms with Crippen molar-refractivity contribution in [1.29, 1.82) is 0 Å². The summed E-state index contributed by atoms with van der Waals surface area (Å²) in [6.45, 7) is 0. The summed E-state index contributed by atoms with van der Waals surface area (Å²) < 4.78 is 1.01. The van der Waals surface area contributed by atoms with Gasteiger partial charge in [0.2, 0.25) is 0 Å². The van der Waals surface area contributed by atoms with Crippen molar-refractivity contribution in [3.8, 4) is 0 Å². The van der Waals surface area contributed by atoms with E-state index in [0.717, 1.165) is 21.1 Å². The van der Waals surface area contributed by atoms with Crippen molar-refractivity contribution in [3.63, 3.8) is 0 Å². The third-order valence-electron chi connectivity index (χ3n) is 1.63. The van der Waals surface area contributed by atoms with Gasteiger partial charge >= 0.3 is 0 Å². The Morgan fingerprint density at radius 1 is 1.33 bits per heavy atom. The molecular formula is C8H8BrClN2. The van der Waals surface area contributed by atoms with E-state index in [1.165, 1.54) is 0 Å². The molecule has 0 aliphatic rings. The van der Waals surface area contributed by atoms with E-state index in [1.807, 2.05) is 24.4 Å². The van der Waals surface area contributed by atoms with Crippen molar-refractivity contribution in [1.82, 2.24) is 4.98 Å². The van der Waals surface area contributed by atoms with Crippen LogP contribution in [-0.2, 0) is 0 Å². The summed E-state index contributed by atoms with van der Waals surface area (Å²) >= 11 is 3.42. The molecule has 4 heteroatoms. The molecule has 0 amide bonds. The third-order valence-corrected chi connectivity index (χ3v) is 2.26. The van der Waals surface area contributed by atoms with E-state index in [9.17, 15) is 0 Å². The fourth-order valence-corrected chi connectivity index (χ4v) is 1.76. The molecule has 2 nitrogen and oxygen atoms in total. The lowest BCUT2D eigenvalue weighted by Gasteiger charge is -1.96. The number of H-pyrrole nitrogens is 1. The summed E-state index contributed by atoms with van der Waals surface area (Å²) in [5, 5.41) is 1.14. The molecule has 0 aliphatic carbocycles. The smallest absolute Gasteiger partial charge is 0.0599 e. The minimum Gasteiger partial charge on any atom is -0.399 e. The zero-order chi connectivity index (χ0) is 7.84. The summed E-state index contributed by atoms with van der Waals surface area (Å²) in [6.07, 6.45) is 1.90. The quantitative estimate of drug-likeness (QED) is 0.691. The van der Waals surface area contributed by atoms with Crippen molar-refractivity contribution in [3.05, 3.63) is 28.9 Å². The van der Waals surface area contributed by atoms with Crippen molar-refractivity contribution in [2.75, 3.05) is 5.73 Å². The van der Waals surface area contributed by atoms with E-state index in [4.69, 9.17) is 5.73 Å². The maximum absolute atomic E-state index is 5.64. The second-order valence-electron chi connectivity index (χ2n) is 2.44. The fourth-order valence-electron chi connectivity index (χ4n) is 1.15. The molecule has 0 saturated carbocycles. The van der Waals surface area contributed by atoms with Crippen LogP contribution in [-0.4, -0.2) is 4.98 Å². The molecule has 0 aliphatic heterocycles. The average Bonchev–Trinajstić information content (AvgIpc) is 2.34. The van der Waals surface area contributed by atoms with Crippen molar-refractivity contribution >= 4 is 44.9 Å².